The monoisotopic (exact) mass is 595 g/mol. The molecule has 2 aliphatic rings. The minimum Gasteiger partial charge on any atom is -0.491 e. The zero-order chi connectivity index (χ0) is 29.6. The van der Waals surface area contributed by atoms with Crippen molar-refractivity contribution in [2.24, 2.45) is 0 Å². The number of unbranched alkanes of at least 4 members (excludes halogenated alkanes) is 1. The third-order valence-electron chi connectivity index (χ3n) is 8.62. The van der Waals surface area contributed by atoms with Crippen molar-refractivity contribution >= 4 is 15.7 Å². The molecule has 1 aliphatic carbocycles. The predicted molar refractivity (Wildman–Crippen MR) is 161 cm³/mol. The third kappa shape index (κ3) is 7.06. The van der Waals surface area contributed by atoms with Crippen LogP contribution in [0.5, 0.6) is 5.75 Å². The Morgan fingerprint density at radius 3 is 2.36 bits per heavy atom. The lowest BCUT2D eigenvalue weighted by molar-refractivity contribution is 0.0946. The zero-order valence-corrected chi connectivity index (χ0v) is 25.3. The highest BCUT2D eigenvalue weighted by molar-refractivity contribution is 7.91. The summed E-state index contributed by atoms with van der Waals surface area (Å²) in [5.74, 6) is -0.854. The van der Waals surface area contributed by atoms with Crippen molar-refractivity contribution in [1.29, 1.82) is 0 Å². The van der Waals surface area contributed by atoms with Gasteiger partial charge < -0.3 is 20.4 Å². The van der Waals surface area contributed by atoms with E-state index in [0.29, 0.717) is 12.3 Å². The van der Waals surface area contributed by atoms with E-state index in [1.54, 1.807) is 12.1 Å². The van der Waals surface area contributed by atoms with Gasteiger partial charge in [0.05, 0.1) is 16.4 Å². The van der Waals surface area contributed by atoms with E-state index in [-0.39, 0.29) is 33.5 Å². The summed E-state index contributed by atoms with van der Waals surface area (Å²) in [7, 11) is -3.91. The molecule has 1 amide bonds. The molecule has 3 aromatic rings. The molecule has 1 saturated carbocycles. The lowest BCUT2D eigenvalue weighted by atomic mass is 9.80. The Bertz CT molecular complexity index is 1470. The Morgan fingerprint density at radius 1 is 0.976 bits per heavy atom. The van der Waals surface area contributed by atoms with E-state index >= 15 is 0 Å². The Kier molecular flexibility index (Phi) is 9.68. The number of aromatic nitrogens is 1. The van der Waals surface area contributed by atoms with Gasteiger partial charge in [-0.1, -0.05) is 64.0 Å². The minimum absolute atomic E-state index is 0.0439. The van der Waals surface area contributed by atoms with Gasteiger partial charge in [0.25, 0.3) is 5.91 Å². The quantitative estimate of drug-likeness (QED) is 0.242. The highest BCUT2D eigenvalue weighted by Crippen LogP contribution is 2.34. The molecule has 1 aliphatic heterocycles. The van der Waals surface area contributed by atoms with Crippen LogP contribution >= 0.6 is 0 Å². The summed E-state index contributed by atoms with van der Waals surface area (Å²) in [6.45, 7) is 3.41. The van der Waals surface area contributed by atoms with Crippen LogP contribution in [0.2, 0.25) is 0 Å². The van der Waals surface area contributed by atoms with E-state index in [9.17, 15) is 17.6 Å². The predicted octanol–water partition coefficient (Wildman–Crippen LogP) is 6.61. The SMILES string of the molecule is CCCCOc1ccc(S(=O)(=O)c2ccc(CNC(=O)c3cc4c([nH]3)CC3(CCCCCCCC3)NC4)cc2)cc1F. The van der Waals surface area contributed by atoms with Gasteiger partial charge in [-0.05, 0) is 66.8 Å². The highest BCUT2D eigenvalue weighted by Gasteiger charge is 2.35. The summed E-state index contributed by atoms with van der Waals surface area (Å²) in [5, 5.41) is 6.76. The van der Waals surface area contributed by atoms with Gasteiger partial charge in [-0.15, -0.1) is 0 Å². The standard InChI is InChI=1S/C33H42FN3O4S/c1-2-3-18-41-31-15-14-27(20-28(31)34)42(39,40)26-12-10-24(11-13-26)22-35-32(38)29-19-25-23-36-33(21-30(25)37-29)16-8-6-4-5-7-9-17-33/h10-15,19-20,36-37H,2-9,16-18,21-23H2,1H3,(H,35,38). The van der Waals surface area contributed by atoms with Crippen LogP contribution in [0.25, 0.3) is 0 Å². The number of ether oxygens (including phenoxy) is 1. The number of aromatic amines is 1. The number of nitrogens with one attached hydrogen (secondary N) is 3. The zero-order valence-electron chi connectivity index (χ0n) is 24.4. The first kappa shape index (κ1) is 30.3. The number of halogens is 1. The summed E-state index contributed by atoms with van der Waals surface area (Å²) in [5.41, 5.74) is 3.73. The van der Waals surface area contributed by atoms with Crippen molar-refractivity contribution in [1.82, 2.24) is 15.6 Å². The second-order valence-electron chi connectivity index (χ2n) is 11.7. The molecule has 42 heavy (non-hydrogen) atoms. The molecule has 5 rings (SSSR count). The van der Waals surface area contributed by atoms with Crippen molar-refractivity contribution in [2.45, 2.75) is 106 Å². The van der Waals surface area contributed by atoms with Gasteiger partial charge in [0.2, 0.25) is 9.84 Å². The Labute approximate surface area is 248 Å². The van der Waals surface area contributed by atoms with E-state index < -0.39 is 15.7 Å². The van der Waals surface area contributed by atoms with E-state index in [2.05, 4.69) is 15.6 Å². The average molecular weight is 596 g/mol. The smallest absolute Gasteiger partial charge is 0.267 e. The molecule has 0 saturated heterocycles. The summed E-state index contributed by atoms with van der Waals surface area (Å²) in [4.78, 5) is 16.3. The molecular formula is C33H42FN3O4S. The number of sulfone groups is 1. The van der Waals surface area contributed by atoms with Crippen LogP contribution in [0.4, 0.5) is 4.39 Å². The van der Waals surface area contributed by atoms with Gasteiger partial charge in [0.1, 0.15) is 5.69 Å². The number of H-pyrrole nitrogens is 1. The maximum Gasteiger partial charge on any atom is 0.267 e. The average Bonchev–Trinajstić information content (AvgIpc) is 3.45. The summed E-state index contributed by atoms with van der Waals surface area (Å²) in [6, 6.07) is 11.9. The second kappa shape index (κ2) is 13.4. The van der Waals surface area contributed by atoms with Crippen molar-refractivity contribution in [3.63, 3.8) is 0 Å². The van der Waals surface area contributed by atoms with Crippen LogP contribution < -0.4 is 15.4 Å². The summed E-state index contributed by atoms with van der Waals surface area (Å²) < 4.78 is 46.1. The lowest BCUT2D eigenvalue weighted by Gasteiger charge is -2.38. The number of rotatable bonds is 9. The van der Waals surface area contributed by atoms with Gasteiger partial charge in [-0.2, -0.15) is 0 Å². The molecule has 7 nitrogen and oxygen atoms in total. The molecule has 0 unspecified atom stereocenters. The number of carbonyl (C=O) groups excluding carboxylic acids is 1. The van der Waals surface area contributed by atoms with E-state index in [1.165, 1.54) is 75.6 Å². The molecule has 3 N–H and O–H groups in total. The normalized spacial score (nSPS) is 17.1. The Balaban J connectivity index is 1.19. The minimum atomic E-state index is -3.91. The molecular weight excluding hydrogens is 553 g/mol. The number of amides is 1. The maximum atomic E-state index is 14.5. The number of carbonyl (C=O) groups is 1. The molecule has 0 radical (unpaired) electrons. The van der Waals surface area contributed by atoms with Gasteiger partial charge in [-0.25, -0.2) is 12.8 Å². The Morgan fingerprint density at radius 2 is 1.67 bits per heavy atom. The van der Waals surface area contributed by atoms with Crippen LogP contribution in [-0.4, -0.2) is 31.5 Å². The van der Waals surface area contributed by atoms with Crippen LogP contribution in [0.15, 0.2) is 58.3 Å². The van der Waals surface area contributed by atoms with Crippen molar-refractivity contribution in [2.75, 3.05) is 6.61 Å². The van der Waals surface area contributed by atoms with E-state index in [4.69, 9.17) is 4.74 Å². The summed E-state index contributed by atoms with van der Waals surface area (Å²) in [6.07, 6.45) is 12.7. The third-order valence-corrected chi connectivity index (χ3v) is 10.4. The number of fused-ring (bicyclic) bond motifs is 1. The first-order valence-corrected chi connectivity index (χ1v) is 16.8. The fraction of sp³-hybridized carbons (Fsp3) is 0.485. The second-order valence-corrected chi connectivity index (χ2v) is 13.7. The van der Waals surface area contributed by atoms with Crippen molar-refractivity contribution in [3.8, 4) is 5.75 Å². The van der Waals surface area contributed by atoms with Crippen LogP contribution in [0.1, 0.15) is 98.4 Å². The van der Waals surface area contributed by atoms with Crippen LogP contribution in [0, 0.1) is 5.82 Å². The number of benzene rings is 2. The van der Waals surface area contributed by atoms with Crippen LogP contribution in [0.3, 0.4) is 0 Å². The van der Waals surface area contributed by atoms with E-state index in [1.807, 2.05) is 13.0 Å². The molecule has 1 fully saturated rings. The van der Waals surface area contributed by atoms with Crippen LogP contribution in [-0.2, 0) is 29.3 Å². The highest BCUT2D eigenvalue weighted by atomic mass is 32.2. The Hall–Kier alpha value is -3.17. The van der Waals surface area contributed by atoms with Crippen molar-refractivity contribution < 1.29 is 22.3 Å². The first-order valence-electron chi connectivity index (χ1n) is 15.3. The summed E-state index contributed by atoms with van der Waals surface area (Å²) >= 11 is 0. The number of hydrogen-bond acceptors (Lipinski definition) is 5. The molecule has 0 bridgehead atoms. The fourth-order valence-corrected chi connectivity index (χ4v) is 7.34. The van der Waals surface area contributed by atoms with Gasteiger partial charge >= 0.3 is 0 Å². The topological polar surface area (TPSA) is 100 Å². The van der Waals surface area contributed by atoms with E-state index in [0.717, 1.165) is 48.7 Å². The van der Waals surface area contributed by atoms with Crippen molar-refractivity contribution in [3.05, 3.63) is 76.9 Å². The maximum absolute atomic E-state index is 14.5. The molecule has 9 heteroatoms. The molecule has 0 atom stereocenters. The molecule has 2 aromatic carbocycles. The molecule has 1 spiro atoms. The first-order chi connectivity index (χ1) is 20.3. The fourth-order valence-electron chi connectivity index (χ4n) is 6.07. The molecule has 1 aromatic heterocycles. The number of hydrogen-bond donors (Lipinski definition) is 3. The molecule has 226 valence electrons. The van der Waals surface area contributed by atoms with Gasteiger partial charge in [0, 0.05) is 30.7 Å². The van der Waals surface area contributed by atoms with Gasteiger partial charge in [-0.3, -0.25) is 4.79 Å². The largest absolute Gasteiger partial charge is 0.491 e. The van der Waals surface area contributed by atoms with Gasteiger partial charge in [0.15, 0.2) is 11.6 Å². The molecule has 2 heterocycles. The lowest BCUT2D eigenvalue weighted by Crippen LogP contribution is -2.49.